The zero-order valence-corrected chi connectivity index (χ0v) is 10.2. The molecule has 3 nitrogen and oxygen atoms in total. The van der Waals surface area contributed by atoms with Crippen molar-refractivity contribution in [2.24, 2.45) is 0 Å². The van der Waals surface area contributed by atoms with Crippen molar-refractivity contribution in [2.75, 3.05) is 13.1 Å². The van der Waals surface area contributed by atoms with Crippen LogP contribution >= 0.6 is 11.6 Å². The van der Waals surface area contributed by atoms with Gasteiger partial charge in [0.2, 0.25) is 0 Å². The van der Waals surface area contributed by atoms with Gasteiger partial charge in [-0.2, -0.15) is 0 Å². The maximum Gasteiger partial charge on any atom is 0.304 e. The lowest BCUT2D eigenvalue weighted by Crippen LogP contribution is -2.26. The summed E-state index contributed by atoms with van der Waals surface area (Å²) < 4.78 is 0. The number of hydrogen-bond acceptors (Lipinski definition) is 2. The van der Waals surface area contributed by atoms with Gasteiger partial charge in [-0.15, -0.1) is 6.42 Å². The molecule has 0 bridgehead atoms. The average Bonchev–Trinajstić information content (AvgIpc) is 2.29. The van der Waals surface area contributed by atoms with E-state index in [0.717, 1.165) is 5.56 Å². The summed E-state index contributed by atoms with van der Waals surface area (Å²) in [5.74, 6) is 1.71. The van der Waals surface area contributed by atoms with E-state index in [4.69, 9.17) is 23.1 Å². The van der Waals surface area contributed by atoms with E-state index >= 15 is 0 Å². The first-order chi connectivity index (χ1) is 8.11. The van der Waals surface area contributed by atoms with Gasteiger partial charge in [-0.25, -0.2) is 0 Å². The fourth-order valence-electron chi connectivity index (χ4n) is 1.44. The van der Waals surface area contributed by atoms with E-state index in [1.165, 1.54) is 0 Å². The van der Waals surface area contributed by atoms with Gasteiger partial charge in [0.15, 0.2) is 0 Å². The second-order valence-corrected chi connectivity index (χ2v) is 4.12. The number of terminal acetylenes is 1. The minimum Gasteiger partial charge on any atom is -0.481 e. The number of hydrogen-bond donors (Lipinski definition) is 1. The van der Waals surface area contributed by atoms with Gasteiger partial charge in [0.1, 0.15) is 0 Å². The van der Waals surface area contributed by atoms with Gasteiger partial charge in [0.25, 0.3) is 0 Å². The smallest absolute Gasteiger partial charge is 0.304 e. The van der Waals surface area contributed by atoms with Crippen LogP contribution in [-0.4, -0.2) is 29.1 Å². The van der Waals surface area contributed by atoms with Crippen molar-refractivity contribution in [3.8, 4) is 12.3 Å². The first kappa shape index (κ1) is 13.6. The summed E-state index contributed by atoms with van der Waals surface area (Å²) in [7, 11) is 0. The average molecular weight is 252 g/mol. The Balaban J connectivity index is 2.56. The van der Waals surface area contributed by atoms with Crippen molar-refractivity contribution >= 4 is 17.6 Å². The highest BCUT2D eigenvalue weighted by Crippen LogP contribution is 2.11. The molecule has 0 atom stereocenters. The summed E-state index contributed by atoms with van der Waals surface area (Å²) in [5.41, 5.74) is 1.06. The Bertz CT molecular complexity index is 408. The second-order valence-electron chi connectivity index (χ2n) is 3.68. The Morgan fingerprint density at radius 2 is 2.06 bits per heavy atom. The molecule has 1 rings (SSSR count). The molecule has 0 aromatic heterocycles. The first-order valence-electron chi connectivity index (χ1n) is 5.24. The third kappa shape index (κ3) is 5.39. The molecule has 90 valence electrons. The van der Waals surface area contributed by atoms with Crippen LogP contribution in [0.1, 0.15) is 12.0 Å². The van der Waals surface area contributed by atoms with Crippen molar-refractivity contribution in [2.45, 2.75) is 13.0 Å². The summed E-state index contributed by atoms with van der Waals surface area (Å²) in [6.07, 6.45) is 5.35. The van der Waals surface area contributed by atoms with E-state index in [2.05, 4.69) is 5.92 Å². The lowest BCUT2D eigenvalue weighted by atomic mass is 10.2. The molecule has 0 radical (unpaired) electrons. The first-order valence-corrected chi connectivity index (χ1v) is 5.61. The van der Waals surface area contributed by atoms with Gasteiger partial charge in [0, 0.05) is 18.1 Å². The topological polar surface area (TPSA) is 40.5 Å². The Kier molecular flexibility index (Phi) is 5.55. The highest BCUT2D eigenvalue weighted by atomic mass is 35.5. The maximum atomic E-state index is 10.5. The van der Waals surface area contributed by atoms with Crippen molar-refractivity contribution < 1.29 is 9.90 Å². The Hall–Kier alpha value is -1.50. The van der Waals surface area contributed by atoms with Crippen molar-refractivity contribution in [1.82, 2.24) is 4.90 Å². The molecular weight excluding hydrogens is 238 g/mol. The lowest BCUT2D eigenvalue weighted by Gasteiger charge is -2.18. The van der Waals surface area contributed by atoms with Crippen LogP contribution in [0.2, 0.25) is 5.02 Å². The van der Waals surface area contributed by atoms with Gasteiger partial charge >= 0.3 is 5.97 Å². The zero-order chi connectivity index (χ0) is 12.7. The predicted molar refractivity (Wildman–Crippen MR) is 67.8 cm³/mol. The van der Waals surface area contributed by atoms with E-state index in [1.54, 1.807) is 0 Å². The minimum atomic E-state index is -0.817. The molecule has 4 heteroatoms. The number of carboxylic acid groups (broad SMARTS) is 1. The minimum absolute atomic E-state index is 0.0925. The molecule has 0 saturated carbocycles. The number of rotatable bonds is 6. The van der Waals surface area contributed by atoms with Gasteiger partial charge in [-0.3, -0.25) is 9.69 Å². The highest BCUT2D eigenvalue weighted by Gasteiger charge is 2.07. The third-order valence-electron chi connectivity index (χ3n) is 2.28. The quantitative estimate of drug-likeness (QED) is 0.789. The molecular formula is C13H14ClNO2. The van der Waals surface area contributed by atoms with E-state index in [1.807, 2.05) is 29.2 Å². The molecule has 17 heavy (non-hydrogen) atoms. The fraction of sp³-hybridized carbons (Fsp3) is 0.308. The van der Waals surface area contributed by atoms with Crippen LogP contribution in [0.5, 0.6) is 0 Å². The number of nitrogens with zero attached hydrogens (tertiary/aromatic N) is 1. The van der Waals surface area contributed by atoms with Gasteiger partial charge in [-0.1, -0.05) is 29.7 Å². The SMILES string of the molecule is C#CCN(CCC(=O)O)Cc1ccc(Cl)cc1. The van der Waals surface area contributed by atoms with E-state index in [9.17, 15) is 4.79 Å². The molecule has 0 amide bonds. The summed E-state index contributed by atoms with van der Waals surface area (Å²) in [6, 6.07) is 7.43. The van der Waals surface area contributed by atoms with Crippen molar-refractivity contribution in [3.63, 3.8) is 0 Å². The standard InChI is InChI=1S/C13H14ClNO2/c1-2-8-15(9-7-13(16)17)10-11-3-5-12(14)6-4-11/h1,3-6H,7-10H2,(H,16,17). The highest BCUT2D eigenvalue weighted by molar-refractivity contribution is 6.30. The van der Waals surface area contributed by atoms with Crippen molar-refractivity contribution in [1.29, 1.82) is 0 Å². The number of carbonyl (C=O) groups is 1. The number of benzene rings is 1. The summed E-state index contributed by atoms with van der Waals surface area (Å²) >= 11 is 5.79. The lowest BCUT2D eigenvalue weighted by molar-refractivity contribution is -0.137. The number of carboxylic acids is 1. The largest absolute Gasteiger partial charge is 0.481 e. The zero-order valence-electron chi connectivity index (χ0n) is 9.40. The Morgan fingerprint density at radius 1 is 1.41 bits per heavy atom. The van der Waals surface area contributed by atoms with Crippen LogP contribution in [0, 0.1) is 12.3 Å². The third-order valence-corrected chi connectivity index (χ3v) is 2.53. The van der Waals surface area contributed by atoms with Crippen LogP contribution in [0.4, 0.5) is 0 Å². The van der Waals surface area contributed by atoms with Crippen LogP contribution < -0.4 is 0 Å². The molecule has 0 aliphatic carbocycles. The maximum absolute atomic E-state index is 10.5. The van der Waals surface area contributed by atoms with Gasteiger partial charge in [0.05, 0.1) is 13.0 Å². The summed E-state index contributed by atoms with van der Waals surface area (Å²) in [6.45, 7) is 1.52. The fourth-order valence-corrected chi connectivity index (χ4v) is 1.57. The molecule has 0 heterocycles. The van der Waals surface area contributed by atoms with E-state index in [-0.39, 0.29) is 6.42 Å². The molecule has 0 unspecified atom stereocenters. The number of aliphatic carboxylic acids is 1. The summed E-state index contributed by atoms with van der Waals surface area (Å²) in [5, 5.41) is 9.32. The van der Waals surface area contributed by atoms with Gasteiger partial charge in [-0.05, 0) is 17.7 Å². The van der Waals surface area contributed by atoms with Crippen molar-refractivity contribution in [3.05, 3.63) is 34.9 Å². The Morgan fingerprint density at radius 3 is 2.59 bits per heavy atom. The van der Waals surface area contributed by atoms with Crippen LogP contribution in [0.25, 0.3) is 0 Å². The summed E-state index contributed by atoms with van der Waals surface area (Å²) in [4.78, 5) is 12.4. The Labute approximate surface area is 106 Å². The monoisotopic (exact) mass is 251 g/mol. The van der Waals surface area contributed by atoms with Crippen LogP contribution in [-0.2, 0) is 11.3 Å². The van der Waals surface area contributed by atoms with E-state index in [0.29, 0.717) is 24.7 Å². The second kappa shape index (κ2) is 6.95. The van der Waals surface area contributed by atoms with Gasteiger partial charge < -0.3 is 5.11 Å². The number of halogens is 1. The molecule has 1 aromatic carbocycles. The van der Waals surface area contributed by atoms with Crippen LogP contribution in [0.3, 0.4) is 0 Å². The van der Waals surface area contributed by atoms with Crippen LogP contribution in [0.15, 0.2) is 24.3 Å². The molecule has 1 aromatic rings. The molecule has 1 N–H and O–H groups in total. The normalized spacial score (nSPS) is 10.2. The molecule has 0 aliphatic rings. The predicted octanol–water partition coefficient (Wildman–Crippen LogP) is 2.25. The molecule has 0 fully saturated rings. The molecule has 0 spiro atoms. The van der Waals surface area contributed by atoms with E-state index < -0.39 is 5.97 Å². The molecule has 0 aliphatic heterocycles. The molecule has 0 saturated heterocycles.